The van der Waals surface area contributed by atoms with Gasteiger partial charge < -0.3 is 5.11 Å². The first-order valence-corrected chi connectivity index (χ1v) is 4.84. The summed E-state index contributed by atoms with van der Waals surface area (Å²) in [5.74, 6) is 0.476. The Kier molecular flexibility index (Phi) is 2.79. The zero-order chi connectivity index (χ0) is 9.35. The summed E-state index contributed by atoms with van der Waals surface area (Å²) < 4.78 is 0. The molecule has 0 aromatic rings. The van der Waals surface area contributed by atoms with Gasteiger partial charge in [-0.15, -0.1) is 0 Å². The molecular formula is C10H21NO. The lowest BCUT2D eigenvalue weighted by Crippen LogP contribution is -2.51. The average Bonchev–Trinajstić information content (AvgIpc) is 1.92. The van der Waals surface area contributed by atoms with Crippen molar-refractivity contribution in [3.63, 3.8) is 0 Å². The van der Waals surface area contributed by atoms with Gasteiger partial charge in [-0.2, -0.15) is 0 Å². The number of likely N-dealkylation sites (tertiary alicyclic amines) is 1. The SMILES string of the molecule is C[C@H]1CCN(C(C)(C)C)C[C@@H]1O. The minimum Gasteiger partial charge on any atom is -0.392 e. The number of hydrogen-bond acceptors (Lipinski definition) is 2. The van der Waals surface area contributed by atoms with Gasteiger partial charge in [0.15, 0.2) is 0 Å². The number of aliphatic hydroxyl groups excluding tert-OH is 1. The Morgan fingerprint density at radius 3 is 2.33 bits per heavy atom. The third-order valence-corrected chi connectivity index (χ3v) is 2.87. The van der Waals surface area contributed by atoms with Crippen molar-refractivity contribution < 1.29 is 5.11 Å². The molecule has 0 saturated carbocycles. The number of rotatable bonds is 0. The summed E-state index contributed by atoms with van der Waals surface area (Å²) in [7, 11) is 0. The summed E-state index contributed by atoms with van der Waals surface area (Å²) in [6, 6.07) is 0. The number of aliphatic hydroxyl groups is 1. The molecule has 1 fully saturated rings. The summed E-state index contributed by atoms with van der Waals surface area (Å²) in [4.78, 5) is 2.36. The number of hydrogen-bond donors (Lipinski definition) is 1. The van der Waals surface area contributed by atoms with E-state index in [1.54, 1.807) is 0 Å². The van der Waals surface area contributed by atoms with Crippen LogP contribution in [0.5, 0.6) is 0 Å². The van der Waals surface area contributed by atoms with Crippen molar-refractivity contribution in [2.75, 3.05) is 13.1 Å². The van der Waals surface area contributed by atoms with E-state index in [0.29, 0.717) is 5.92 Å². The maximum absolute atomic E-state index is 9.67. The molecule has 0 spiro atoms. The van der Waals surface area contributed by atoms with Crippen molar-refractivity contribution in [2.24, 2.45) is 5.92 Å². The molecule has 0 aromatic heterocycles. The highest BCUT2D eigenvalue weighted by Crippen LogP contribution is 2.23. The van der Waals surface area contributed by atoms with Crippen LogP contribution in [0.15, 0.2) is 0 Å². The first-order valence-electron chi connectivity index (χ1n) is 4.84. The molecule has 1 N–H and O–H groups in total. The van der Waals surface area contributed by atoms with E-state index in [1.807, 2.05) is 0 Å². The molecule has 1 saturated heterocycles. The molecule has 1 heterocycles. The molecule has 0 aromatic carbocycles. The second kappa shape index (κ2) is 3.35. The first kappa shape index (κ1) is 10.0. The van der Waals surface area contributed by atoms with Gasteiger partial charge in [0, 0.05) is 12.1 Å². The van der Waals surface area contributed by atoms with Crippen molar-refractivity contribution in [3.05, 3.63) is 0 Å². The Hall–Kier alpha value is -0.0800. The fourth-order valence-electron chi connectivity index (χ4n) is 1.66. The molecule has 0 aliphatic carbocycles. The summed E-state index contributed by atoms with van der Waals surface area (Å²) in [6.07, 6.45) is 0.997. The first-order chi connectivity index (χ1) is 5.41. The van der Waals surface area contributed by atoms with Gasteiger partial charge >= 0.3 is 0 Å². The minimum atomic E-state index is -0.127. The van der Waals surface area contributed by atoms with Crippen LogP contribution in [0.1, 0.15) is 34.1 Å². The Morgan fingerprint density at radius 2 is 1.92 bits per heavy atom. The maximum Gasteiger partial charge on any atom is 0.0693 e. The predicted molar refractivity (Wildman–Crippen MR) is 51.1 cm³/mol. The van der Waals surface area contributed by atoms with Gasteiger partial charge in [0.05, 0.1) is 6.10 Å². The summed E-state index contributed by atoms with van der Waals surface area (Å²) in [5.41, 5.74) is 0.209. The van der Waals surface area contributed by atoms with E-state index < -0.39 is 0 Å². The summed E-state index contributed by atoms with van der Waals surface area (Å²) >= 11 is 0. The molecule has 1 aliphatic rings. The molecule has 0 bridgehead atoms. The van der Waals surface area contributed by atoms with Crippen LogP contribution in [0.25, 0.3) is 0 Å². The second-order valence-electron chi connectivity index (χ2n) is 4.95. The van der Waals surface area contributed by atoms with Crippen LogP contribution in [0.4, 0.5) is 0 Å². The maximum atomic E-state index is 9.67. The molecule has 2 nitrogen and oxygen atoms in total. The third kappa shape index (κ3) is 2.20. The quantitative estimate of drug-likeness (QED) is 0.597. The van der Waals surface area contributed by atoms with E-state index in [9.17, 15) is 5.11 Å². The van der Waals surface area contributed by atoms with Gasteiger partial charge in [0.2, 0.25) is 0 Å². The van der Waals surface area contributed by atoms with Gasteiger partial charge in [-0.05, 0) is 39.7 Å². The number of nitrogens with zero attached hydrogens (tertiary/aromatic N) is 1. The highest BCUT2D eigenvalue weighted by molar-refractivity contribution is 4.84. The molecule has 72 valence electrons. The van der Waals surface area contributed by atoms with Crippen molar-refractivity contribution in [1.29, 1.82) is 0 Å². The van der Waals surface area contributed by atoms with Crippen molar-refractivity contribution >= 4 is 0 Å². The molecule has 0 radical (unpaired) electrons. The van der Waals surface area contributed by atoms with Crippen molar-refractivity contribution in [1.82, 2.24) is 4.90 Å². The number of β-amino-alcohol motifs (C(OH)–C–C–N with tert-alkyl or cyclic N) is 1. The molecule has 2 atom stereocenters. The van der Waals surface area contributed by atoms with E-state index in [1.165, 1.54) is 0 Å². The van der Waals surface area contributed by atoms with Gasteiger partial charge in [-0.25, -0.2) is 0 Å². The van der Waals surface area contributed by atoms with Crippen LogP contribution in [-0.2, 0) is 0 Å². The Labute approximate surface area is 75.6 Å². The lowest BCUT2D eigenvalue weighted by Gasteiger charge is -2.42. The van der Waals surface area contributed by atoms with Gasteiger partial charge in [0.25, 0.3) is 0 Å². The predicted octanol–water partition coefficient (Wildman–Crippen LogP) is 1.49. The van der Waals surface area contributed by atoms with Crippen LogP contribution in [0.3, 0.4) is 0 Å². The fourth-order valence-corrected chi connectivity index (χ4v) is 1.66. The van der Waals surface area contributed by atoms with Gasteiger partial charge in [-0.1, -0.05) is 6.92 Å². The highest BCUT2D eigenvalue weighted by atomic mass is 16.3. The smallest absolute Gasteiger partial charge is 0.0693 e. The molecule has 0 amide bonds. The molecule has 0 unspecified atom stereocenters. The topological polar surface area (TPSA) is 23.5 Å². The molecule has 1 aliphatic heterocycles. The zero-order valence-electron chi connectivity index (χ0n) is 8.67. The van der Waals surface area contributed by atoms with E-state index in [2.05, 4.69) is 32.6 Å². The second-order valence-corrected chi connectivity index (χ2v) is 4.95. The molecule has 12 heavy (non-hydrogen) atoms. The van der Waals surface area contributed by atoms with Crippen molar-refractivity contribution in [3.8, 4) is 0 Å². The fraction of sp³-hybridized carbons (Fsp3) is 1.00. The summed E-state index contributed by atoms with van der Waals surface area (Å²) in [5, 5.41) is 9.67. The Morgan fingerprint density at radius 1 is 1.33 bits per heavy atom. The monoisotopic (exact) mass is 171 g/mol. The number of piperidine rings is 1. The van der Waals surface area contributed by atoms with Crippen LogP contribution in [-0.4, -0.2) is 34.7 Å². The van der Waals surface area contributed by atoms with E-state index >= 15 is 0 Å². The van der Waals surface area contributed by atoms with Crippen LogP contribution < -0.4 is 0 Å². The largest absolute Gasteiger partial charge is 0.392 e. The Balaban J connectivity index is 2.51. The Bertz CT molecular complexity index is 150. The van der Waals surface area contributed by atoms with Gasteiger partial charge in [-0.3, -0.25) is 4.90 Å². The normalized spacial score (nSPS) is 33.8. The van der Waals surface area contributed by atoms with Crippen molar-refractivity contribution in [2.45, 2.75) is 45.8 Å². The van der Waals surface area contributed by atoms with E-state index in [0.717, 1.165) is 19.5 Å². The summed E-state index contributed by atoms with van der Waals surface area (Å²) in [6.45, 7) is 10.7. The highest BCUT2D eigenvalue weighted by Gasteiger charge is 2.30. The lowest BCUT2D eigenvalue weighted by atomic mass is 9.92. The van der Waals surface area contributed by atoms with Gasteiger partial charge in [0.1, 0.15) is 0 Å². The van der Waals surface area contributed by atoms with E-state index in [-0.39, 0.29) is 11.6 Å². The van der Waals surface area contributed by atoms with Crippen LogP contribution >= 0.6 is 0 Å². The zero-order valence-corrected chi connectivity index (χ0v) is 8.67. The van der Waals surface area contributed by atoms with E-state index in [4.69, 9.17) is 0 Å². The molecular weight excluding hydrogens is 150 g/mol. The lowest BCUT2D eigenvalue weighted by molar-refractivity contribution is -0.00914. The standard InChI is InChI=1S/C10H21NO/c1-8-5-6-11(7-9(8)12)10(2,3)4/h8-9,12H,5-7H2,1-4H3/t8-,9-/m0/s1. The average molecular weight is 171 g/mol. The third-order valence-electron chi connectivity index (χ3n) is 2.87. The molecule has 1 rings (SSSR count). The van der Waals surface area contributed by atoms with Crippen LogP contribution in [0, 0.1) is 5.92 Å². The molecule has 2 heteroatoms. The minimum absolute atomic E-state index is 0.127. The van der Waals surface area contributed by atoms with Crippen LogP contribution in [0.2, 0.25) is 0 Å².